The lowest BCUT2D eigenvalue weighted by Gasteiger charge is -2.13. The van der Waals surface area contributed by atoms with E-state index in [1.807, 2.05) is 37.3 Å². The number of hydrogen-bond donors (Lipinski definition) is 1. The number of ether oxygens (including phenoxy) is 1. The summed E-state index contributed by atoms with van der Waals surface area (Å²) in [6, 6.07) is 13.7. The summed E-state index contributed by atoms with van der Waals surface area (Å²) in [7, 11) is 0. The van der Waals surface area contributed by atoms with E-state index in [4.69, 9.17) is 4.74 Å². The van der Waals surface area contributed by atoms with Crippen LogP contribution in [0.3, 0.4) is 0 Å². The summed E-state index contributed by atoms with van der Waals surface area (Å²) in [4.78, 5) is 34.1. The van der Waals surface area contributed by atoms with Crippen LogP contribution in [0.1, 0.15) is 34.3 Å². The van der Waals surface area contributed by atoms with Crippen LogP contribution in [0, 0.1) is 17.0 Å². The first-order valence-corrected chi connectivity index (χ1v) is 8.12. The standard InChI is InChI=1S/C19H20N2O5/c1-13-10-16(8-9-17(13)21(24)25)19(23)26-12-18(22)20-11-14(2)15-6-4-3-5-7-15/h3-10,14H,11-12H2,1-2H3,(H,20,22)/t14-/m1/s1. The molecule has 0 aliphatic carbocycles. The van der Waals surface area contributed by atoms with Crippen molar-refractivity contribution in [3.8, 4) is 0 Å². The van der Waals surface area contributed by atoms with Crippen molar-refractivity contribution >= 4 is 17.6 Å². The highest BCUT2D eigenvalue weighted by atomic mass is 16.6. The molecule has 7 heteroatoms. The molecule has 0 bridgehead atoms. The maximum Gasteiger partial charge on any atom is 0.338 e. The summed E-state index contributed by atoms with van der Waals surface area (Å²) < 4.78 is 4.96. The fourth-order valence-corrected chi connectivity index (χ4v) is 2.42. The maximum absolute atomic E-state index is 12.0. The predicted octanol–water partition coefficient (Wildman–Crippen LogP) is 2.98. The summed E-state index contributed by atoms with van der Waals surface area (Å²) in [6.45, 7) is 3.54. The molecule has 0 saturated carbocycles. The molecule has 26 heavy (non-hydrogen) atoms. The molecular weight excluding hydrogens is 336 g/mol. The molecule has 2 aromatic carbocycles. The monoisotopic (exact) mass is 356 g/mol. The van der Waals surface area contributed by atoms with Gasteiger partial charge in [0.15, 0.2) is 6.61 Å². The minimum atomic E-state index is -0.700. The Kier molecular flexibility index (Phi) is 6.43. The van der Waals surface area contributed by atoms with Crippen molar-refractivity contribution in [2.45, 2.75) is 19.8 Å². The van der Waals surface area contributed by atoms with Crippen LogP contribution in [0.15, 0.2) is 48.5 Å². The SMILES string of the molecule is Cc1cc(C(=O)OCC(=O)NC[C@@H](C)c2ccccc2)ccc1[N+](=O)[O-]. The van der Waals surface area contributed by atoms with Crippen LogP contribution in [-0.4, -0.2) is 30.0 Å². The Labute approximate surface area is 151 Å². The van der Waals surface area contributed by atoms with Crippen LogP contribution in [0.5, 0.6) is 0 Å². The highest BCUT2D eigenvalue weighted by Gasteiger charge is 2.16. The summed E-state index contributed by atoms with van der Waals surface area (Å²) in [6.07, 6.45) is 0. The van der Waals surface area contributed by atoms with Gasteiger partial charge in [0, 0.05) is 18.2 Å². The second kappa shape index (κ2) is 8.75. The first kappa shape index (κ1) is 19.1. The van der Waals surface area contributed by atoms with Gasteiger partial charge in [-0.3, -0.25) is 14.9 Å². The third kappa shape index (κ3) is 5.14. The van der Waals surface area contributed by atoms with E-state index in [2.05, 4.69) is 5.32 Å². The van der Waals surface area contributed by atoms with Crippen LogP contribution in [0.2, 0.25) is 0 Å². The van der Waals surface area contributed by atoms with Gasteiger partial charge in [-0.05, 0) is 30.5 Å². The number of nitrogens with zero attached hydrogens (tertiary/aromatic N) is 1. The minimum absolute atomic E-state index is 0.0748. The molecule has 0 radical (unpaired) electrons. The summed E-state index contributed by atoms with van der Waals surface area (Å²) in [5.74, 6) is -0.970. The maximum atomic E-state index is 12.0. The minimum Gasteiger partial charge on any atom is -0.452 e. The van der Waals surface area contributed by atoms with E-state index >= 15 is 0 Å². The second-order valence-corrected chi connectivity index (χ2v) is 5.95. The van der Waals surface area contributed by atoms with E-state index in [0.717, 1.165) is 5.56 Å². The smallest absolute Gasteiger partial charge is 0.338 e. The van der Waals surface area contributed by atoms with E-state index < -0.39 is 23.4 Å². The summed E-state index contributed by atoms with van der Waals surface area (Å²) in [5.41, 5.74) is 1.55. The zero-order chi connectivity index (χ0) is 19.1. The lowest BCUT2D eigenvalue weighted by Crippen LogP contribution is -2.31. The van der Waals surface area contributed by atoms with Crippen LogP contribution >= 0.6 is 0 Å². The number of rotatable bonds is 7. The molecule has 136 valence electrons. The average Bonchev–Trinajstić information content (AvgIpc) is 2.64. The summed E-state index contributed by atoms with van der Waals surface area (Å²) >= 11 is 0. The van der Waals surface area contributed by atoms with E-state index in [1.165, 1.54) is 25.1 Å². The molecule has 0 aliphatic heterocycles. The fourth-order valence-electron chi connectivity index (χ4n) is 2.42. The van der Waals surface area contributed by atoms with Gasteiger partial charge in [-0.2, -0.15) is 0 Å². The molecule has 7 nitrogen and oxygen atoms in total. The van der Waals surface area contributed by atoms with Gasteiger partial charge in [0.2, 0.25) is 0 Å². The quantitative estimate of drug-likeness (QED) is 0.467. The number of amides is 1. The van der Waals surface area contributed by atoms with Gasteiger partial charge in [0.25, 0.3) is 11.6 Å². The molecule has 1 N–H and O–H groups in total. The Morgan fingerprint density at radius 1 is 1.19 bits per heavy atom. The van der Waals surface area contributed by atoms with Crippen molar-refractivity contribution in [3.63, 3.8) is 0 Å². The Hall–Kier alpha value is -3.22. The molecule has 0 heterocycles. The number of hydrogen-bond acceptors (Lipinski definition) is 5. The first-order valence-electron chi connectivity index (χ1n) is 8.12. The third-order valence-corrected chi connectivity index (χ3v) is 3.94. The van der Waals surface area contributed by atoms with Gasteiger partial charge in [-0.25, -0.2) is 4.79 Å². The molecule has 0 unspecified atom stereocenters. The number of aryl methyl sites for hydroxylation is 1. The van der Waals surface area contributed by atoms with E-state index in [-0.39, 0.29) is 17.2 Å². The van der Waals surface area contributed by atoms with Crippen LogP contribution in [-0.2, 0) is 9.53 Å². The van der Waals surface area contributed by atoms with Crippen molar-refractivity contribution in [1.82, 2.24) is 5.32 Å². The van der Waals surface area contributed by atoms with Gasteiger partial charge < -0.3 is 10.1 Å². The summed E-state index contributed by atoms with van der Waals surface area (Å²) in [5, 5.41) is 13.5. The number of nitro groups is 1. The Morgan fingerprint density at radius 2 is 1.88 bits per heavy atom. The van der Waals surface area contributed by atoms with Crippen molar-refractivity contribution in [2.24, 2.45) is 0 Å². The Bertz CT molecular complexity index is 805. The molecule has 2 rings (SSSR count). The van der Waals surface area contributed by atoms with Gasteiger partial charge in [-0.15, -0.1) is 0 Å². The number of carbonyl (C=O) groups is 2. The molecule has 1 atom stereocenters. The highest BCUT2D eigenvalue weighted by molar-refractivity contribution is 5.91. The van der Waals surface area contributed by atoms with Crippen molar-refractivity contribution in [3.05, 3.63) is 75.3 Å². The van der Waals surface area contributed by atoms with Crippen molar-refractivity contribution < 1.29 is 19.2 Å². The molecule has 0 aromatic heterocycles. The Balaban J connectivity index is 1.82. The first-order chi connectivity index (χ1) is 12.4. The topological polar surface area (TPSA) is 98.5 Å². The molecule has 1 amide bonds. The number of benzene rings is 2. The molecule has 0 saturated heterocycles. The molecule has 0 aliphatic rings. The molecule has 0 spiro atoms. The molecular formula is C19H20N2O5. The number of nitro benzene ring substituents is 1. The molecule has 2 aromatic rings. The number of nitrogens with one attached hydrogen (secondary N) is 1. The molecule has 0 fully saturated rings. The van der Waals surface area contributed by atoms with Gasteiger partial charge in [-0.1, -0.05) is 37.3 Å². The lowest BCUT2D eigenvalue weighted by molar-refractivity contribution is -0.385. The zero-order valence-corrected chi connectivity index (χ0v) is 14.6. The van der Waals surface area contributed by atoms with Crippen LogP contribution in [0.4, 0.5) is 5.69 Å². The third-order valence-electron chi connectivity index (χ3n) is 3.94. The number of carbonyl (C=O) groups excluding carboxylic acids is 2. The lowest BCUT2D eigenvalue weighted by atomic mass is 10.0. The highest BCUT2D eigenvalue weighted by Crippen LogP contribution is 2.19. The fraction of sp³-hybridized carbons (Fsp3) is 0.263. The van der Waals surface area contributed by atoms with Gasteiger partial charge >= 0.3 is 5.97 Å². The van der Waals surface area contributed by atoms with E-state index in [1.54, 1.807) is 0 Å². The predicted molar refractivity (Wildman–Crippen MR) is 96.0 cm³/mol. The van der Waals surface area contributed by atoms with Crippen LogP contribution in [0.25, 0.3) is 0 Å². The van der Waals surface area contributed by atoms with Crippen molar-refractivity contribution in [2.75, 3.05) is 13.2 Å². The van der Waals surface area contributed by atoms with Crippen molar-refractivity contribution in [1.29, 1.82) is 0 Å². The van der Waals surface area contributed by atoms with E-state index in [9.17, 15) is 19.7 Å². The Morgan fingerprint density at radius 3 is 2.50 bits per heavy atom. The van der Waals surface area contributed by atoms with Crippen LogP contribution < -0.4 is 5.32 Å². The number of esters is 1. The van der Waals surface area contributed by atoms with Gasteiger partial charge in [0.05, 0.1) is 10.5 Å². The average molecular weight is 356 g/mol. The largest absolute Gasteiger partial charge is 0.452 e. The van der Waals surface area contributed by atoms with Gasteiger partial charge in [0.1, 0.15) is 0 Å². The second-order valence-electron chi connectivity index (χ2n) is 5.95. The van der Waals surface area contributed by atoms with E-state index in [0.29, 0.717) is 12.1 Å². The zero-order valence-electron chi connectivity index (χ0n) is 14.6. The normalized spacial score (nSPS) is 11.5.